The van der Waals surface area contributed by atoms with Gasteiger partial charge in [-0.2, -0.15) is 0 Å². The minimum atomic E-state index is -0.558. The molecule has 0 unspecified atom stereocenters. The van der Waals surface area contributed by atoms with Crippen molar-refractivity contribution in [1.29, 1.82) is 0 Å². The van der Waals surface area contributed by atoms with E-state index in [-0.39, 0.29) is 27.8 Å². The van der Waals surface area contributed by atoms with E-state index in [9.17, 15) is 9.18 Å². The SMILES string of the molecule is Cc1onc(-c2c(F)cccc2Cl)c1C(=O)NCCCOCC(C)C. The van der Waals surface area contributed by atoms with E-state index in [1.54, 1.807) is 6.92 Å². The van der Waals surface area contributed by atoms with E-state index in [4.69, 9.17) is 20.9 Å². The van der Waals surface area contributed by atoms with Gasteiger partial charge in [-0.25, -0.2) is 4.39 Å². The first-order chi connectivity index (χ1) is 11.9. The van der Waals surface area contributed by atoms with Crippen molar-refractivity contribution < 1.29 is 18.4 Å². The summed E-state index contributed by atoms with van der Waals surface area (Å²) in [4.78, 5) is 12.5. The fourth-order valence-corrected chi connectivity index (χ4v) is 2.57. The summed E-state index contributed by atoms with van der Waals surface area (Å²) in [6.07, 6.45) is 0.679. The first kappa shape index (κ1) is 19.4. The van der Waals surface area contributed by atoms with E-state index < -0.39 is 5.82 Å². The van der Waals surface area contributed by atoms with Crippen LogP contribution in [0, 0.1) is 18.7 Å². The second kappa shape index (κ2) is 8.97. The first-order valence-electron chi connectivity index (χ1n) is 8.18. The maximum absolute atomic E-state index is 14.1. The summed E-state index contributed by atoms with van der Waals surface area (Å²) >= 11 is 6.07. The summed E-state index contributed by atoms with van der Waals surface area (Å²) in [6, 6.07) is 4.29. The number of aryl methyl sites for hydroxylation is 1. The van der Waals surface area contributed by atoms with Crippen LogP contribution in [-0.2, 0) is 4.74 Å². The maximum atomic E-state index is 14.1. The lowest BCUT2D eigenvalue weighted by molar-refractivity contribution is 0.0924. The molecule has 1 N–H and O–H groups in total. The molecule has 136 valence electrons. The molecule has 1 aromatic heterocycles. The second-order valence-corrected chi connectivity index (χ2v) is 6.54. The van der Waals surface area contributed by atoms with Gasteiger partial charge >= 0.3 is 0 Å². The lowest BCUT2D eigenvalue weighted by atomic mass is 10.0. The van der Waals surface area contributed by atoms with Crippen molar-refractivity contribution in [3.05, 3.63) is 40.4 Å². The maximum Gasteiger partial charge on any atom is 0.257 e. The van der Waals surface area contributed by atoms with Crippen LogP contribution in [0.15, 0.2) is 22.7 Å². The van der Waals surface area contributed by atoms with E-state index >= 15 is 0 Å². The molecule has 0 fully saturated rings. The van der Waals surface area contributed by atoms with Crippen molar-refractivity contribution in [2.24, 2.45) is 5.92 Å². The minimum Gasteiger partial charge on any atom is -0.381 e. The van der Waals surface area contributed by atoms with Gasteiger partial charge in [-0.3, -0.25) is 4.79 Å². The van der Waals surface area contributed by atoms with Gasteiger partial charge in [-0.05, 0) is 31.4 Å². The number of benzene rings is 1. The molecule has 0 radical (unpaired) electrons. The van der Waals surface area contributed by atoms with Gasteiger partial charge in [-0.15, -0.1) is 0 Å². The van der Waals surface area contributed by atoms with Gasteiger partial charge in [0.25, 0.3) is 5.91 Å². The van der Waals surface area contributed by atoms with E-state index in [1.165, 1.54) is 18.2 Å². The van der Waals surface area contributed by atoms with E-state index in [0.717, 1.165) is 0 Å². The zero-order valence-electron chi connectivity index (χ0n) is 14.6. The molecule has 1 amide bonds. The summed E-state index contributed by atoms with van der Waals surface area (Å²) in [5.74, 6) is -0.154. The van der Waals surface area contributed by atoms with Crippen molar-refractivity contribution in [3.8, 4) is 11.3 Å². The Morgan fingerprint density at radius 3 is 2.88 bits per heavy atom. The van der Waals surface area contributed by atoms with Crippen LogP contribution in [0.4, 0.5) is 4.39 Å². The lowest BCUT2D eigenvalue weighted by Gasteiger charge is -2.09. The largest absolute Gasteiger partial charge is 0.381 e. The molecular formula is C18H22ClFN2O3. The zero-order chi connectivity index (χ0) is 18.4. The topological polar surface area (TPSA) is 64.4 Å². The van der Waals surface area contributed by atoms with Crippen LogP contribution in [-0.4, -0.2) is 30.8 Å². The third-order valence-electron chi connectivity index (χ3n) is 3.49. The summed E-state index contributed by atoms with van der Waals surface area (Å²) in [7, 11) is 0. The number of hydrogen-bond acceptors (Lipinski definition) is 4. The van der Waals surface area contributed by atoms with Gasteiger partial charge in [0.1, 0.15) is 22.8 Å². The second-order valence-electron chi connectivity index (χ2n) is 6.14. The number of nitrogens with zero attached hydrogens (tertiary/aromatic N) is 1. The van der Waals surface area contributed by atoms with E-state index in [2.05, 4.69) is 24.3 Å². The Hall–Kier alpha value is -1.92. The Bertz CT molecular complexity index is 711. The summed E-state index contributed by atoms with van der Waals surface area (Å²) in [5, 5.41) is 6.77. The summed E-state index contributed by atoms with van der Waals surface area (Å²) in [5.41, 5.74) is 0.357. The smallest absolute Gasteiger partial charge is 0.257 e. The lowest BCUT2D eigenvalue weighted by Crippen LogP contribution is -2.26. The monoisotopic (exact) mass is 368 g/mol. The number of ether oxygens (including phenoxy) is 1. The Balaban J connectivity index is 2.05. The Morgan fingerprint density at radius 1 is 1.44 bits per heavy atom. The Labute approximate surface area is 151 Å². The van der Waals surface area contributed by atoms with Gasteiger partial charge in [-0.1, -0.05) is 36.7 Å². The molecule has 0 atom stereocenters. The summed E-state index contributed by atoms with van der Waals surface area (Å²) in [6.45, 7) is 7.44. The number of carbonyl (C=O) groups excluding carboxylic acids is 1. The minimum absolute atomic E-state index is 0.0615. The number of halogens is 2. The number of carbonyl (C=O) groups is 1. The standard InChI is InChI=1S/C18H22ClFN2O3/c1-11(2)10-24-9-5-8-21-18(23)15-12(3)25-22-17(15)16-13(19)6-4-7-14(16)20/h4,6-7,11H,5,8-10H2,1-3H3,(H,21,23). The van der Waals surface area contributed by atoms with Crippen LogP contribution in [0.2, 0.25) is 5.02 Å². The van der Waals surface area contributed by atoms with Crippen molar-refractivity contribution in [2.45, 2.75) is 27.2 Å². The number of hydrogen-bond donors (Lipinski definition) is 1. The predicted octanol–water partition coefficient (Wildman–Crippen LogP) is 4.24. The third kappa shape index (κ3) is 5.03. The molecule has 0 saturated heterocycles. The van der Waals surface area contributed by atoms with Gasteiger partial charge in [0.05, 0.1) is 10.6 Å². The van der Waals surface area contributed by atoms with Crippen LogP contribution in [0.1, 0.15) is 36.4 Å². The number of nitrogens with one attached hydrogen (secondary N) is 1. The average molecular weight is 369 g/mol. The van der Waals surface area contributed by atoms with Gasteiger partial charge in [0.15, 0.2) is 0 Å². The van der Waals surface area contributed by atoms with E-state index in [1.807, 2.05) is 0 Å². The van der Waals surface area contributed by atoms with Gasteiger partial charge < -0.3 is 14.6 Å². The summed E-state index contributed by atoms with van der Waals surface area (Å²) < 4.78 is 24.7. The highest BCUT2D eigenvalue weighted by molar-refractivity contribution is 6.33. The third-order valence-corrected chi connectivity index (χ3v) is 3.81. The van der Waals surface area contributed by atoms with Crippen molar-refractivity contribution in [2.75, 3.05) is 19.8 Å². The van der Waals surface area contributed by atoms with Gasteiger partial charge in [0.2, 0.25) is 0 Å². The molecule has 0 saturated carbocycles. The molecule has 5 nitrogen and oxygen atoms in total. The van der Waals surface area contributed by atoms with Crippen molar-refractivity contribution in [3.63, 3.8) is 0 Å². The normalized spacial score (nSPS) is 11.1. The number of amides is 1. The van der Waals surface area contributed by atoms with Crippen LogP contribution in [0.5, 0.6) is 0 Å². The molecule has 0 aliphatic rings. The number of aromatic nitrogens is 1. The predicted molar refractivity (Wildman–Crippen MR) is 94.3 cm³/mol. The Morgan fingerprint density at radius 2 is 2.20 bits per heavy atom. The molecule has 2 aromatic rings. The molecule has 0 aliphatic carbocycles. The van der Waals surface area contributed by atoms with Crippen molar-refractivity contribution in [1.82, 2.24) is 10.5 Å². The Kier molecular flexibility index (Phi) is 6.96. The van der Waals surface area contributed by atoms with E-state index in [0.29, 0.717) is 37.9 Å². The molecule has 2 rings (SSSR count). The zero-order valence-corrected chi connectivity index (χ0v) is 15.3. The molecule has 0 spiro atoms. The average Bonchev–Trinajstić information content (AvgIpc) is 2.91. The molecule has 0 aliphatic heterocycles. The quantitative estimate of drug-likeness (QED) is 0.708. The highest BCUT2D eigenvalue weighted by Crippen LogP contribution is 2.33. The van der Waals surface area contributed by atoms with Crippen LogP contribution >= 0.6 is 11.6 Å². The first-order valence-corrected chi connectivity index (χ1v) is 8.56. The highest BCUT2D eigenvalue weighted by Gasteiger charge is 2.25. The van der Waals surface area contributed by atoms with Crippen LogP contribution in [0.25, 0.3) is 11.3 Å². The van der Waals surface area contributed by atoms with Crippen LogP contribution < -0.4 is 5.32 Å². The fourth-order valence-electron chi connectivity index (χ4n) is 2.32. The van der Waals surface area contributed by atoms with Crippen LogP contribution in [0.3, 0.4) is 0 Å². The highest BCUT2D eigenvalue weighted by atomic mass is 35.5. The molecule has 1 aromatic carbocycles. The molecule has 7 heteroatoms. The molecule has 0 bridgehead atoms. The molecule has 25 heavy (non-hydrogen) atoms. The fraction of sp³-hybridized carbons (Fsp3) is 0.444. The molecular weight excluding hydrogens is 347 g/mol. The van der Waals surface area contributed by atoms with Gasteiger partial charge in [0, 0.05) is 19.8 Å². The van der Waals surface area contributed by atoms with Crippen molar-refractivity contribution >= 4 is 17.5 Å². The molecule has 1 heterocycles. The number of rotatable bonds is 8.